The van der Waals surface area contributed by atoms with Crippen LogP contribution in [-0.4, -0.2) is 16.9 Å². The van der Waals surface area contributed by atoms with Crippen LogP contribution in [0.4, 0.5) is 5.69 Å². The van der Waals surface area contributed by atoms with Crippen LogP contribution < -0.4 is 15.8 Å². The van der Waals surface area contributed by atoms with Crippen molar-refractivity contribution in [3.63, 3.8) is 0 Å². The minimum absolute atomic E-state index is 0. The molecule has 0 aliphatic carbocycles. The highest BCUT2D eigenvalue weighted by molar-refractivity contribution is 6.32. The average molecular weight is 393 g/mol. The Kier molecular flexibility index (Phi) is 10.4. The van der Waals surface area contributed by atoms with Crippen LogP contribution in [0.5, 0.6) is 5.75 Å². The minimum Gasteiger partial charge on any atom is -0.486 e. The molecule has 0 saturated heterocycles. The minimum atomic E-state index is -0.529. The van der Waals surface area contributed by atoms with Gasteiger partial charge in [0.2, 0.25) is 5.91 Å². The number of anilines is 1. The van der Waals surface area contributed by atoms with Crippen LogP contribution in [0.25, 0.3) is 0 Å². The molecule has 5 nitrogen and oxygen atoms in total. The maximum absolute atomic E-state index is 11.7. The van der Waals surface area contributed by atoms with Crippen LogP contribution >= 0.6 is 36.4 Å². The molecule has 0 fully saturated rings. The van der Waals surface area contributed by atoms with Gasteiger partial charge < -0.3 is 15.8 Å². The molecule has 132 valence electrons. The molecule has 0 spiro atoms. The van der Waals surface area contributed by atoms with Crippen molar-refractivity contribution in [3.8, 4) is 5.75 Å². The molecule has 1 aromatic heterocycles. The van der Waals surface area contributed by atoms with Crippen LogP contribution in [0.2, 0.25) is 5.02 Å². The molecule has 0 saturated carbocycles. The predicted octanol–water partition coefficient (Wildman–Crippen LogP) is 3.83. The summed E-state index contributed by atoms with van der Waals surface area (Å²) < 4.78 is 5.62. The number of nitrogens with one attached hydrogen (secondary N) is 1. The van der Waals surface area contributed by atoms with Crippen molar-refractivity contribution in [1.82, 2.24) is 4.98 Å². The summed E-state index contributed by atoms with van der Waals surface area (Å²) in [6.45, 7) is 2.18. The first kappa shape index (κ1) is 22.5. The molecule has 2 aromatic rings. The number of rotatable bonds is 6. The van der Waals surface area contributed by atoms with Crippen LogP contribution in [-0.2, 0) is 11.4 Å². The molecule has 1 heterocycles. The number of nitrogens with two attached hydrogens (primary N) is 1. The van der Waals surface area contributed by atoms with Gasteiger partial charge in [0.1, 0.15) is 12.4 Å². The van der Waals surface area contributed by atoms with Gasteiger partial charge in [0, 0.05) is 11.9 Å². The predicted molar refractivity (Wildman–Crippen MR) is 101 cm³/mol. The summed E-state index contributed by atoms with van der Waals surface area (Å²) in [5.41, 5.74) is 7.06. The molecule has 0 radical (unpaired) electrons. The van der Waals surface area contributed by atoms with E-state index in [0.29, 0.717) is 29.5 Å². The number of aromatic nitrogens is 1. The van der Waals surface area contributed by atoms with Crippen molar-refractivity contribution >= 4 is 48.0 Å². The van der Waals surface area contributed by atoms with E-state index < -0.39 is 6.04 Å². The number of halogens is 3. The van der Waals surface area contributed by atoms with E-state index in [1.54, 1.807) is 24.4 Å². The van der Waals surface area contributed by atoms with E-state index in [9.17, 15) is 4.79 Å². The largest absolute Gasteiger partial charge is 0.486 e. The summed E-state index contributed by atoms with van der Waals surface area (Å²) in [6, 6.07) is 10.1. The number of nitrogens with zero attached hydrogens (tertiary/aromatic N) is 1. The van der Waals surface area contributed by atoms with E-state index in [1.807, 2.05) is 25.1 Å². The van der Waals surface area contributed by atoms with Crippen molar-refractivity contribution in [2.24, 2.45) is 5.73 Å². The highest BCUT2D eigenvalue weighted by Gasteiger charge is 2.12. The van der Waals surface area contributed by atoms with E-state index >= 15 is 0 Å². The second-order valence-electron chi connectivity index (χ2n) is 4.76. The summed E-state index contributed by atoms with van der Waals surface area (Å²) in [4.78, 5) is 15.9. The number of carbonyl (C=O) groups excluding carboxylic acids is 1. The van der Waals surface area contributed by atoms with E-state index in [2.05, 4.69) is 10.3 Å². The number of ether oxygens (including phenoxy) is 1. The lowest BCUT2D eigenvalue weighted by Gasteiger charge is -2.12. The first-order valence-corrected chi connectivity index (χ1v) is 7.36. The van der Waals surface area contributed by atoms with Gasteiger partial charge in [-0.05, 0) is 36.8 Å². The average Bonchev–Trinajstić information content (AvgIpc) is 2.54. The standard InChI is InChI=1S/C16H18ClN3O2.2ClH/c1-2-14(18)16(21)20-11-6-7-15(13(17)9-11)22-10-12-5-3-4-8-19-12;;/h3-9,14H,2,10,18H2,1H3,(H,20,21);2*1H/t14-;;/m0../s1. The lowest BCUT2D eigenvalue weighted by molar-refractivity contribution is -0.117. The van der Waals surface area contributed by atoms with Gasteiger partial charge in [0.15, 0.2) is 0 Å². The van der Waals surface area contributed by atoms with Gasteiger partial charge in [-0.3, -0.25) is 9.78 Å². The fourth-order valence-corrected chi connectivity index (χ4v) is 1.99. The van der Waals surface area contributed by atoms with E-state index in [0.717, 1.165) is 5.69 Å². The van der Waals surface area contributed by atoms with Crippen LogP contribution in [0.3, 0.4) is 0 Å². The van der Waals surface area contributed by atoms with Crippen LogP contribution in [0, 0.1) is 0 Å². The quantitative estimate of drug-likeness (QED) is 0.783. The Bertz CT molecular complexity index is 642. The molecule has 0 bridgehead atoms. The number of amides is 1. The lowest BCUT2D eigenvalue weighted by Crippen LogP contribution is -2.34. The topological polar surface area (TPSA) is 77.2 Å². The van der Waals surface area contributed by atoms with Crippen molar-refractivity contribution in [2.75, 3.05) is 5.32 Å². The van der Waals surface area contributed by atoms with E-state index in [1.165, 1.54) is 0 Å². The Morgan fingerprint density at radius 2 is 2.08 bits per heavy atom. The molecule has 3 N–H and O–H groups in total. The normalized spacial score (nSPS) is 10.8. The smallest absolute Gasteiger partial charge is 0.241 e. The molecule has 0 unspecified atom stereocenters. The summed E-state index contributed by atoms with van der Waals surface area (Å²) in [5.74, 6) is 0.297. The van der Waals surface area contributed by atoms with Crippen LogP contribution in [0.1, 0.15) is 19.0 Å². The Balaban J connectivity index is 0.00000264. The monoisotopic (exact) mass is 391 g/mol. The third kappa shape index (κ3) is 6.53. The maximum Gasteiger partial charge on any atom is 0.241 e. The zero-order chi connectivity index (χ0) is 15.9. The van der Waals surface area contributed by atoms with Gasteiger partial charge in [-0.25, -0.2) is 0 Å². The third-order valence-corrected chi connectivity index (χ3v) is 3.37. The molecule has 1 aromatic carbocycles. The second-order valence-corrected chi connectivity index (χ2v) is 5.17. The van der Waals surface area contributed by atoms with Crippen molar-refractivity contribution in [3.05, 3.63) is 53.3 Å². The fourth-order valence-electron chi connectivity index (χ4n) is 1.75. The van der Waals surface area contributed by atoms with Gasteiger partial charge >= 0.3 is 0 Å². The zero-order valence-electron chi connectivity index (χ0n) is 13.1. The molecule has 8 heteroatoms. The van der Waals surface area contributed by atoms with Gasteiger partial charge in [-0.2, -0.15) is 0 Å². The molecule has 0 aliphatic rings. The molecule has 1 amide bonds. The Morgan fingerprint density at radius 3 is 2.67 bits per heavy atom. The molecule has 0 aliphatic heterocycles. The Hall–Kier alpha value is -1.53. The first-order chi connectivity index (χ1) is 10.6. The van der Waals surface area contributed by atoms with Gasteiger partial charge in [0.05, 0.1) is 16.8 Å². The van der Waals surface area contributed by atoms with E-state index in [4.69, 9.17) is 22.1 Å². The van der Waals surface area contributed by atoms with Gasteiger partial charge in [-0.15, -0.1) is 24.8 Å². The number of benzene rings is 1. The van der Waals surface area contributed by atoms with Crippen LogP contribution in [0.15, 0.2) is 42.6 Å². The summed E-state index contributed by atoms with van der Waals surface area (Å²) in [5, 5.41) is 3.13. The number of hydrogen-bond acceptors (Lipinski definition) is 4. The van der Waals surface area contributed by atoms with Gasteiger partial charge in [-0.1, -0.05) is 24.6 Å². The zero-order valence-corrected chi connectivity index (χ0v) is 15.5. The number of hydrogen-bond donors (Lipinski definition) is 2. The van der Waals surface area contributed by atoms with Crippen molar-refractivity contribution < 1.29 is 9.53 Å². The summed E-state index contributed by atoms with van der Waals surface area (Å²) >= 11 is 6.16. The Labute approximate surface area is 158 Å². The fraction of sp³-hybridized carbons (Fsp3) is 0.250. The SMILES string of the molecule is CC[C@H](N)C(=O)Nc1ccc(OCc2ccccn2)c(Cl)c1.Cl.Cl. The maximum atomic E-state index is 11.7. The lowest BCUT2D eigenvalue weighted by atomic mass is 10.2. The van der Waals surface area contributed by atoms with E-state index in [-0.39, 0.29) is 30.7 Å². The third-order valence-electron chi connectivity index (χ3n) is 3.08. The highest BCUT2D eigenvalue weighted by atomic mass is 35.5. The molecular weight excluding hydrogens is 373 g/mol. The molecular formula is C16H20Cl3N3O2. The second kappa shape index (κ2) is 11.1. The Morgan fingerprint density at radius 1 is 1.33 bits per heavy atom. The summed E-state index contributed by atoms with van der Waals surface area (Å²) in [7, 11) is 0. The first-order valence-electron chi connectivity index (χ1n) is 6.99. The number of pyridine rings is 1. The van der Waals surface area contributed by atoms with Crippen molar-refractivity contribution in [1.29, 1.82) is 0 Å². The molecule has 1 atom stereocenters. The molecule has 2 rings (SSSR count). The van der Waals surface area contributed by atoms with Crippen molar-refractivity contribution in [2.45, 2.75) is 26.0 Å². The summed E-state index contributed by atoms with van der Waals surface area (Å²) in [6.07, 6.45) is 2.28. The van der Waals surface area contributed by atoms with Gasteiger partial charge in [0.25, 0.3) is 0 Å². The number of carbonyl (C=O) groups is 1. The highest BCUT2D eigenvalue weighted by Crippen LogP contribution is 2.28. The molecule has 24 heavy (non-hydrogen) atoms.